The maximum Gasteiger partial charge on any atom is 0.242 e. The summed E-state index contributed by atoms with van der Waals surface area (Å²) in [4.78, 5) is 10.1. The van der Waals surface area contributed by atoms with E-state index in [-0.39, 0.29) is 5.88 Å². The highest BCUT2D eigenvalue weighted by Gasteiger charge is 2.15. The van der Waals surface area contributed by atoms with Gasteiger partial charge in [-0.3, -0.25) is 4.21 Å². The molecule has 1 unspecified atom stereocenters. The lowest BCUT2D eigenvalue weighted by molar-refractivity contribution is 0.463. The van der Waals surface area contributed by atoms with E-state index in [1.54, 1.807) is 23.0 Å². The van der Waals surface area contributed by atoms with Gasteiger partial charge < -0.3 is 10.1 Å². The van der Waals surface area contributed by atoms with Crippen LogP contribution in [0.1, 0.15) is 16.7 Å². The number of benzene rings is 3. The van der Waals surface area contributed by atoms with Gasteiger partial charge in [-0.15, -0.1) is 16.4 Å². The van der Waals surface area contributed by atoms with Gasteiger partial charge >= 0.3 is 0 Å². The van der Waals surface area contributed by atoms with Crippen LogP contribution in [0.15, 0.2) is 89.3 Å². The summed E-state index contributed by atoms with van der Waals surface area (Å²) in [6, 6.07) is 24.7. The second kappa shape index (κ2) is 11.3. The smallest absolute Gasteiger partial charge is 0.242 e. The second-order valence-corrected chi connectivity index (χ2v) is 11.6. The molecule has 9 nitrogen and oxygen atoms in total. The van der Waals surface area contributed by atoms with Gasteiger partial charge in [0.25, 0.3) is 0 Å². The van der Waals surface area contributed by atoms with Crippen molar-refractivity contribution in [1.82, 2.24) is 25.0 Å². The minimum absolute atomic E-state index is 0.227. The Hall–Kier alpha value is -4.92. The van der Waals surface area contributed by atoms with Crippen LogP contribution in [0.25, 0.3) is 21.5 Å². The van der Waals surface area contributed by atoms with Crippen LogP contribution >= 0.6 is 11.3 Å². The Morgan fingerprint density at radius 2 is 1.78 bits per heavy atom. The Bertz CT molecular complexity index is 1900. The van der Waals surface area contributed by atoms with Gasteiger partial charge in [-0.25, -0.2) is 9.67 Å². The average Bonchev–Trinajstić information content (AvgIpc) is 3.65. The quantitative estimate of drug-likeness (QED) is 0.211. The zero-order valence-corrected chi connectivity index (χ0v) is 23.7. The van der Waals surface area contributed by atoms with Crippen molar-refractivity contribution in [3.8, 4) is 29.0 Å². The molecule has 3 heterocycles. The number of aromatic nitrogens is 5. The molecule has 0 aliphatic carbocycles. The molecule has 0 fully saturated rings. The standard InChI is InChI=1S/C30H23N7O2S2/c1-19-14-21(16-31)15-20(2)27(19)39-29-28-25(12-13-40-28)33-30(34-29)32-23-10-8-22(9-11-23)26-17-37(36-35-26)18-41(38)24-6-4-3-5-7-24/h3-15,17H,18H2,1-2H3,(H,32,33,34). The van der Waals surface area contributed by atoms with Crippen LogP contribution in [-0.2, 0) is 16.7 Å². The van der Waals surface area contributed by atoms with Crippen LogP contribution in [0.2, 0.25) is 0 Å². The van der Waals surface area contributed by atoms with Gasteiger partial charge in [0.15, 0.2) is 0 Å². The van der Waals surface area contributed by atoms with Crippen molar-refractivity contribution in [2.75, 3.05) is 5.32 Å². The number of rotatable bonds is 8. The average molecular weight is 578 g/mol. The molecule has 3 aromatic carbocycles. The molecule has 1 N–H and O–H groups in total. The highest BCUT2D eigenvalue weighted by Crippen LogP contribution is 2.36. The minimum Gasteiger partial charge on any atom is -0.437 e. The zero-order valence-electron chi connectivity index (χ0n) is 22.1. The van der Waals surface area contributed by atoms with Gasteiger partial charge in [0.2, 0.25) is 11.8 Å². The Labute approximate surface area is 242 Å². The summed E-state index contributed by atoms with van der Waals surface area (Å²) in [6.07, 6.45) is 1.79. The summed E-state index contributed by atoms with van der Waals surface area (Å²) in [5, 5.41) is 22.9. The molecule has 0 radical (unpaired) electrons. The normalized spacial score (nSPS) is 11.7. The minimum atomic E-state index is -1.22. The molecule has 0 bridgehead atoms. The largest absolute Gasteiger partial charge is 0.437 e. The maximum atomic E-state index is 12.6. The van der Waals surface area contributed by atoms with Gasteiger partial charge in [0, 0.05) is 16.1 Å². The molecule has 0 saturated carbocycles. The first-order valence-electron chi connectivity index (χ1n) is 12.6. The number of anilines is 2. The molecule has 0 spiro atoms. The molecule has 11 heteroatoms. The molecule has 0 aliphatic heterocycles. The van der Waals surface area contributed by atoms with Crippen LogP contribution in [0.4, 0.5) is 11.6 Å². The molecule has 6 aromatic rings. The summed E-state index contributed by atoms with van der Waals surface area (Å²) in [5.41, 5.74) is 5.42. The van der Waals surface area contributed by atoms with Gasteiger partial charge in [0.1, 0.15) is 22.0 Å². The molecule has 0 saturated heterocycles. The van der Waals surface area contributed by atoms with E-state index in [4.69, 9.17) is 4.74 Å². The summed E-state index contributed by atoms with van der Waals surface area (Å²) in [7, 11) is -1.22. The molecule has 0 amide bonds. The lowest BCUT2D eigenvalue weighted by Gasteiger charge is -2.13. The fourth-order valence-electron chi connectivity index (χ4n) is 4.35. The van der Waals surface area contributed by atoms with E-state index in [1.165, 1.54) is 11.3 Å². The third-order valence-electron chi connectivity index (χ3n) is 6.29. The van der Waals surface area contributed by atoms with Crippen LogP contribution in [0.3, 0.4) is 0 Å². The SMILES string of the molecule is Cc1cc(C#N)cc(C)c1Oc1nc(Nc2ccc(-c3cn(CS(=O)c4ccccc4)nn3)cc2)nc2ccsc12. The van der Waals surface area contributed by atoms with Crippen molar-refractivity contribution in [3.05, 3.63) is 101 Å². The number of thiophene rings is 1. The molecule has 41 heavy (non-hydrogen) atoms. The third kappa shape index (κ3) is 5.70. The number of hydrogen-bond acceptors (Lipinski definition) is 9. The Kier molecular flexibility index (Phi) is 7.24. The highest BCUT2D eigenvalue weighted by atomic mass is 32.2. The lowest BCUT2D eigenvalue weighted by Crippen LogP contribution is -2.05. The molecular weight excluding hydrogens is 555 g/mol. The van der Waals surface area contributed by atoms with E-state index in [1.807, 2.05) is 79.9 Å². The summed E-state index contributed by atoms with van der Waals surface area (Å²) >= 11 is 1.51. The first-order valence-corrected chi connectivity index (χ1v) is 14.8. The molecular formula is C30H23N7O2S2. The van der Waals surface area contributed by atoms with Crippen molar-refractivity contribution in [2.45, 2.75) is 24.6 Å². The van der Waals surface area contributed by atoms with Crippen molar-refractivity contribution in [2.24, 2.45) is 0 Å². The fraction of sp³-hybridized carbons (Fsp3) is 0.100. The van der Waals surface area contributed by atoms with Gasteiger partial charge in [-0.2, -0.15) is 10.2 Å². The summed E-state index contributed by atoms with van der Waals surface area (Å²) in [5.74, 6) is 1.75. The summed E-state index contributed by atoms with van der Waals surface area (Å²) < 4.78 is 21.3. The number of nitrogens with one attached hydrogen (secondary N) is 1. The van der Waals surface area contributed by atoms with Crippen LogP contribution in [0.5, 0.6) is 11.6 Å². The van der Waals surface area contributed by atoms with Gasteiger partial charge in [-0.1, -0.05) is 35.5 Å². The first kappa shape index (κ1) is 26.3. The Morgan fingerprint density at radius 3 is 2.51 bits per heavy atom. The monoisotopic (exact) mass is 577 g/mol. The van der Waals surface area contributed by atoms with Gasteiger partial charge in [-0.05, 0) is 72.8 Å². The number of hydrogen-bond donors (Lipinski definition) is 1. The fourth-order valence-corrected chi connectivity index (χ4v) is 6.08. The van der Waals surface area contributed by atoms with Gasteiger partial charge in [0.05, 0.1) is 34.1 Å². The van der Waals surface area contributed by atoms with Crippen molar-refractivity contribution in [1.29, 1.82) is 5.26 Å². The van der Waals surface area contributed by atoms with E-state index >= 15 is 0 Å². The van der Waals surface area contributed by atoms with E-state index in [0.29, 0.717) is 28.8 Å². The topological polar surface area (TPSA) is 119 Å². The van der Waals surface area contributed by atoms with E-state index in [9.17, 15) is 9.47 Å². The highest BCUT2D eigenvalue weighted by molar-refractivity contribution is 7.84. The van der Waals surface area contributed by atoms with Crippen LogP contribution in [0, 0.1) is 25.2 Å². The van der Waals surface area contributed by atoms with Crippen molar-refractivity contribution >= 4 is 44.0 Å². The zero-order chi connectivity index (χ0) is 28.3. The number of ether oxygens (including phenoxy) is 1. The third-order valence-corrected chi connectivity index (χ3v) is 8.48. The van der Waals surface area contributed by atoms with Crippen molar-refractivity contribution in [3.63, 3.8) is 0 Å². The second-order valence-electron chi connectivity index (χ2n) is 9.27. The van der Waals surface area contributed by atoms with E-state index < -0.39 is 10.8 Å². The van der Waals surface area contributed by atoms with Crippen molar-refractivity contribution < 1.29 is 8.95 Å². The molecule has 0 aliphatic rings. The first-order chi connectivity index (χ1) is 20.0. The summed E-state index contributed by atoms with van der Waals surface area (Å²) in [6.45, 7) is 3.83. The number of nitriles is 1. The number of aryl methyl sites for hydroxylation is 2. The molecule has 6 rings (SSSR count). The molecule has 202 valence electrons. The number of nitrogens with zero attached hydrogens (tertiary/aromatic N) is 6. The Morgan fingerprint density at radius 1 is 1.02 bits per heavy atom. The van der Waals surface area contributed by atoms with Crippen LogP contribution < -0.4 is 10.1 Å². The Balaban J connectivity index is 1.20. The molecule has 1 atom stereocenters. The predicted molar refractivity (Wildman–Crippen MR) is 160 cm³/mol. The van der Waals surface area contributed by atoms with Crippen LogP contribution in [-0.4, -0.2) is 29.2 Å². The number of fused-ring (bicyclic) bond motifs is 1. The predicted octanol–water partition coefficient (Wildman–Crippen LogP) is 6.74. The maximum absolute atomic E-state index is 12.6. The lowest BCUT2D eigenvalue weighted by atomic mass is 10.1. The molecule has 3 aromatic heterocycles. The van der Waals surface area contributed by atoms with E-state index in [2.05, 4.69) is 31.7 Å². The van der Waals surface area contributed by atoms with E-state index in [0.717, 1.165) is 37.5 Å².